The zero-order valence-electron chi connectivity index (χ0n) is 19.6. The molecular weight excluding hydrogens is 440 g/mol. The number of hydrogen-bond donors (Lipinski definition) is 2. The van der Waals surface area contributed by atoms with Gasteiger partial charge in [0.05, 0.1) is 11.3 Å². The highest BCUT2D eigenvalue weighted by molar-refractivity contribution is 6.12. The lowest BCUT2D eigenvalue weighted by Gasteiger charge is -2.38. The van der Waals surface area contributed by atoms with Crippen LogP contribution in [0.3, 0.4) is 0 Å². The highest BCUT2D eigenvalue weighted by atomic mass is 16.4. The van der Waals surface area contributed by atoms with Crippen molar-refractivity contribution in [2.45, 2.75) is 32.1 Å². The molecule has 0 spiro atoms. The number of pyridine rings is 1. The third-order valence-electron chi connectivity index (χ3n) is 7.26. The van der Waals surface area contributed by atoms with Crippen LogP contribution in [-0.2, 0) is 11.3 Å². The second kappa shape index (κ2) is 7.01. The minimum atomic E-state index is -2.48. The summed E-state index contributed by atoms with van der Waals surface area (Å²) in [5, 5.41) is 24.5. The molecular formula is C29H24N2O4. The zero-order valence-corrected chi connectivity index (χ0v) is 19.6. The largest absolute Gasteiger partial charge is 0.372 e. The van der Waals surface area contributed by atoms with Gasteiger partial charge in [0, 0.05) is 28.2 Å². The minimum Gasteiger partial charge on any atom is -0.372 e. The van der Waals surface area contributed by atoms with Crippen molar-refractivity contribution < 1.29 is 15.0 Å². The van der Waals surface area contributed by atoms with Crippen LogP contribution < -0.4 is 10.5 Å². The molecule has 0 saturated carbocycles. The molecule has 2 atom stereocenters. The molecule has 35 heavy (non-hydrogen) atoms. The summed E-state index contributed by atoms with van der Waals surface area (Å²) in [5.41, 5.74) is -0.708. The molecule has 0 bridgehead atoms. The number of hydrogen-bond acceptors (Lipinski definition) is 5. The van der Waals surface area contributed by atoms with E-state index in [4.69, 9.17) is 0 Å². The highest BCUT2D eigenvalue weighted by Crippen LogP contribution is 2.61. The van der Waals surface area contributed by atoms with Crippen molar-refractivity contribution >= 4 is 17.2 Å². The van der Waals surface area contributed by atoms with Gasteiger partial charge >= 0.3 is 0 Å². The monoisotopic (exact) mass is 464 g/mol. The number of carbonyl (C=O) groups is 1. The van der Waals surface area contributed by atoms with Gasteiger partial charge in [-0.25, -0.2) is 0 Å². The van der Waals surface area contributed by atoms with Crippen molar-refractivity contribution in [3.63, 3.8) is 0 Å². The minimum absolute atomic E-state index is 0.132. The maximum atomic E-state index is 14.1. The fraction of sp³-hybridized carbons (Fsp3) is 0.172. The Bertz CT molecular complexity index is 1590. The van der Waals surface area contributed by atoms with Gasteiger partial charge in [-0.15, -0.1) is 0 Å². The van der Waals surface area contributed by atoms with Crippen LogP contribution in [0.1, 0.15) is 38.3 Å². The maximum absolute atomic E-state index is 14.1. The van der Waals surface area contributed by atoms with Crippen LogP contribution in [0.5, 0.6) is 0 Å². The Morgan fingerprint density at radius 1 is 0.743 bits per heavy atom. The molecule has 3 aromatic carbocycles. The van der Waals surface area contributed by atoms with Crippen LogP contribution >= 0.6 is 0 Å². The number of anilines is 2. The standard InChI is InChI=1S/C29H24N2O4/c1-17-8-12-20(13-9-17)30-19(3)16-24-25(27(30)33)28(34)26(32)22-6-4-5-7-23(22)29(28,35)31(24)21-14-10-18(2)11-15-21/h4-16,34-35H,1-3H3. The molecule has 0 saturated heterocycles. The number of rotatable bonds is 2. The van der Waals surface area contributed by atoms with Crippen molar-refractivity contribution in [1.82, 2.24) is 4.57 Å². The molecule has 1 aromatic heterocycles. The Kier molecular flexibility index (Phi) is 4.31. The molecule has 4 aromatic rings. The summed E-state index contributed by atoms with van der Waals surface area (Å²) in [6.07, 6.45) is 0. The average Bonchev–Trinajstić information content (AvgIpc) is 3.15. The Morgan fingerprint density at radius 3 is 1.94 bits per heavy atom. The van der Waals surface area contributed by atoms with E-state index in [9.17, 15) is 19.8 Å². The van der Waals surface area contributed by atoms with Gasteiger partial charge < -0.3 is 15.1 Å². The lowest BCUT2D eigenvalue weighted by molar-refractivity contribution is -0.113. The third kappa shape index (κ3) is 2.55. The first-order valence-corrected chi connectivity index (χ1v) is 11.5. The predicted molar refractivity (Wildman–Crippen MR) is 133 cm³/mol. The molecule has 2 aliphatic rings. The van der Waals surface area contributed by atoms with Gasteiger partial charge in [0.25, 0.3) is 5.56 Å². The number of fused-ring (bicyclic) bond motifs is 5. The van der Waals surface area contributed by atoms with E-state index < -0.39 is 22.7 Å². The molecule has 0 fully saturated rings. The van der Waals surface area contributed by atoms with E-state index in [1.54, 1.807) is 37.3 Å². The van der Waals surface area contributed by atoms with Gasteiger partial charge in [-0.3, -0.25) is 14.2 Å². The maximum Gasteiger partial charge on any atom is 0.264 e. The van der Waals surface area contributed by atoms with Crippen LogP contribution in [0.2, 0.25) is 0 Å². The average molecular weight is 465 g/mol. The number of nitrogens with zero attached hydrogens (tertiary/aromatic N) is 2. The highest BCUT2D eigenvalue weighted by Gasteiger charge is 2.72. The second-order valence-electron chi connectivity index (χ2n) is 9.45. The summed E-state index contributed by atoms with van der Waals surface area (Å²) in [6, 6.07) is 23.2. The molecule has 0 radical (unpaired) electrons. The fourth-order valence-electron chi connectivity index (χ4n) is 5.54. The number of ketones is 1. The second-order valence-corrected chi connectivity index (χ2v) is 9.45. The van der Waals surface area contributed by atoms with E-state index in [0.29, 0.717) is 22.8 Å². The van der Waals surface area contributed by atoms with Crippen molar-refractivity contribution in [2.75, 3.05) is 4.90 Å². The molecule has 0 amide bonds. The Labute approximate surface area is 202 Å². The number of aryl methyl sites for hydroxylation is 3. The Hall–Kier alpha value is -4.00. The van der Waals surface area contributed by atoms with Crippen molar-refractivity contribution in [3.05, 3.63) is 123 Å². The number of aromatic nitrogens is 1. The number of carbonyl (C=O) groups excluding carboxylic acids is 1. The molecule has 6 nitrogen and oxygen atoms in total. The molecule has 2 heterocycles. The first-order chi connectivity index (χ1) is 16.7. The van der Waals surface area contributed by atoms with Gasteiger partial charge in [0.15, 0.2) is 0 Å². The van der Waals surface area contributed by atoms with Crippen molar-refractivity contribution in [3.8, 4) is 5.69 Å². The summed E-state index contributed by atoms with van der Waals surface area (Å²) in [6.45, 7) is 5.71. The zero-order chi connectivity index (χ0) is 24.7. The van der Waals surface area contributed by atoms with E-state index in [-0.39, 0.29) is 16.7 Å². The predicted octanol–water partition coefficient (Wildman–Crippen LogP) is 4.14. The van der Waals surface area contributed by atoms with E-state index in [1.165, 1.54) is 9.47 Å². The SMILES string of the molecule is Cc1ccc(N2c3cc(C)n(-c4ccc(C)cc4)c(=O)c3C3(O)C(=O)c4ccccc4C23O)cc1. The summed E-state index contributed by atoms with van der Waals surface area (Å²) >= 11 is 0. The van der Waals surface area contributed by atoms with E-state index >= 15 is 0 Å². The molecule has 6 heteroatoms. The topological polar surface area (TPSA) is 82.8 Å². The molecule has 174 valence electrons. The Balaban J connectivity index is 1.73. The van der Waals surface area contributed by atoms with E-state index in [1.807, 2.05) is 62.4 Å². The van der Waals surface area contributed by atoms with Gasteiger partial charge in [-0.1, -0.05) is 59.7 Å². The number of Topliss-reactive ketones (excluding diaryl/α,β-unsaturated/α-hetero) is 1. The first kappa shape index (κ1) is 21.5. The summed E-state index contributed by atoms with van der Waals surface area (Å²) < 4.78 is 1.48. The van der Waals surface area contributed by atoms with Gasteiger partial charge in [0.2, 0.25) is 17.1 Å². The van der Waals surface area contributed by atoms with Crippen LogP contribution in [-0.4, -0.2) is 20.6 Å². The Morgan fingerprint density at radius 2 is 1.31 bits per heavy atom. The van der Waals surface area contributed by atoms with E-state index in [2.05, 4.69) is 0 Å². The van der Waals surface area contributed by atoms with Gasteiger partial charge in [0.1, 0.15) is 0 Å². The molecule has 2 N–H and O–H groups in total. The van der Waals surface area contributed by atoms with Gasteiger partial charge in [-0.2, -0.15) is 0 Å². The number of benzene rings is 3. The lowest BCUT2D eigenvalue weighted by Crippen LogP contribution is -2.54. The quantitative estimate of drug-likeness (QED) is 0.466. The summed E-state index contributed by atoms with van der Waals surface area (Å²) in [5.74, 6) is -0.692. The van der Waals surface area contributed by atoms with E-state index in [0.717, 1.165) is 11.1 Å². The lowest BCUT2D eigenvalue weighted by atomic mass is 9.86. The summed E-state index contributed by atoms with van der Waals surface area (Å²) in [7, 11) is 0. The van der Waals surface area contributed by atoms with Crippen molar-refractivity contribution in [2.24, 2.45) is 0 Å². The smallest absolute Gasteiger partial charge is 0.264 e. The fourth-order valence-corrected chi connectivity index (χ4v) is 5.54. The first-order valence-electron chi connectivity index (χ1n) is 11.5. The van der Waals surface area contributed by atoms with Crippen molar-refractivity contribution in [1.29, 1.82) is 0 Å². The van der Waals surface area contributed by atoms with Gasteiger partial charge in [-0.05, 0) is 51.1 Å². The van der Waals surface area contributed by atoms with Crippen LogP contribution in [0.15, 0.2) is 83.7 Å². The molecule has 1 aliphatic carbocycles. The molecule has 2 unspecified atom stereocenters. The third-order valence-corrected chi connectivity index (χ3v) is 7.26. The van der Waals surface area contributed by atoms with Crippen LogP contribution in [0.25, 0.3) is 5.69 Å². The number of aliphatic hydroxyl groups is 2. The molecule has 6 rings (SSSR count). The summed E-state index contributed by atoms with van der Waals surface area (Å²) in [4.78, 5) is 29.4. The normalized spacial score (nSPS) is 22.2. The molecule has 1 aliphatic heterocycles. The van der Waals surface area contributed by atoms with Crippen LogP contribution in [0, 0.1) is 20.8 Å². The van der Waals surface area contributed by atoms with Crippen LogP contribution in [0.4, 0.5) is 11.4 Å².